The standard InChI is InChI=1S/C37H40ClN5O6/c1-22-11-12-24(35(46)48-6)18-29(22)43-23(2)17-30(33(38)34(43)45)49-21-26-10-8-7-9-25(26)20-40-36(47)42-32(19-31(39)37(3,4)5)41-27-13-15-28(44)16-14-27/h7-19,44H,20-21,39H2,1-6H3,(H2,40,41,42,47). The monoisotopic (exact) mass is 685 g/mol. The maximum atomic E-state index is 13.5. The third-order valence-electron chi connectivity index (χ3n) is 7.61. The van der Waals surface area contributed by atoms with Gasteiger partial charge in [-0.05, 0) is 66.9 Å². The molecule has 0 aliphatic carbocycles. The van der Waals surface area contributed by atoms with Crippen molar-refractivity contribution in [1.29, 1.82) is 0 Å². The zero-order valence-corrected chi connectivity index (χ0v) is 29.0. The van der Waals surface area contributed by atoms with Gasteiger partial charge in [-0.3, -0.25) is 14.7 Å². The number of halogens is 1. The number of hydrogen-bond acceptors (Lipinski definition) is 8. The Morgan fingerprint density at radius 1 is 1.02 bits per heavy atom. The van der Waals surface area contributed by atoms with Gasteiger partial charge in [0.25, 0.3) is 5.56 Å². The van der Waals surface area contributed by atoms with E-state index < -0.39 is 17.6 Å². The number of phenols is 1. The lowest BCUT2D eigenvalue weighted by molar-refractivity contribution is 0.0600. The number of pyridine rings is 1. The Morgan fingerprint density at radius 3 is 2.35 bits per heavy atom. The number of ether oxygens (including phenoxy) is 2. The van der Waals surface area contributed by atoms with Crippen LogP contribution in [0, 0.1) is 19.3 Å². The Kier molecular flexibility index (Phi) is 11.5. The molecule has 256 valence electrons. The van der Waals surface area contributed by atoms with Gasteiger partial charge in [-0.15, -0.1) is 0 Å². The van der Waals surface area contributed by atoms with Gasteiger partial charge in [0, 0.05) is 35.5 Å². The van der Waals surface area contributed by atoms with E-state index >= 15 is 0 Å². The number of amides is 2. The van der Waals surface area contributed by atoms with Gasteiger partial charge in [0.2, 0.25) is 0 Å². The van der Waals surface area contributed by atoms with Crippen molar-refractivity contribution in [3.63, 3.8) is 0 Å². The molecule has 0 saturated carbocycles. The summed E-state index contributed by atoms with van der Waals surface area (Å²) in [5, 5.41) is 15.1. The number of rotatable bonds is 9. The minimum absolute atomic E-state index is 0.0668. The summed E-state index contributed by atoms with van der Waals surface area (Å²) in [6.07, 6.45) is 1.60. The van der Waals surface area contributed by atoms with Crippen LogP contribution in [-0.2, 0) is 17.9 Å². The Bertz CT molecular complexity index is 1980. The highest BCUT2D eigenvalue weighted by molar-refractivity contribution is 6.31. The van der Waals surface area contributed by atoms with Gasteiger partial charge in [-0.2, -0.15) is 0 Å². The molecular weight excluding hydrogens is 646 g/mol. The molecular formula is C37H40ClN5O6. The topological polar surface area (TPSA) is 157 Å². The summed E-state index contributed by atoms with van der Waals surface area (Å²) in [6, 6.07) is 19.7. The van der Waals surface area contributed by atoms with E-state index in [0.29, 0.717) is 28.3 Å². The van der Waals surface area contributed by atoms with Crippen molar-refractivity contribution in [2.24, 2.45) is 16.1 Å². The van der Waals surface area contributed by atoms with Gasteiger partial charge in [0.15, 0.2) is 0 Å². The van der Waals surface area contributed by atoms with Gasteiger partial charge in [-0.1, -0.05) is 62.7 Å². The quantitative estimate of drug-likeness (QED) is 0.0879. The maximum absolute atomic E-state index is 13.5. The summed E-state index contributed by atoms with van der Waals surface area (Å²) in [5.74, 6) is -0.00763. The molecule has 0 saturated heterocycles. The molecule has 5 N–H and O–H groups in total. The number of nitrogens with zero attached hydrogens (tertiary/aromatic N) is 2. The molecule has 1 heterocycles. The highest BCUT2D eigenvalue weighted by atomic mass is 35.5. The number of methoxy groups -OCH3 is 1. The second-order valence-electron chi connectivity index (χ2n) is 12.3. The van der Waals surface area contributed by atoms with Crippen LogP contribution in [0.15, 0.2) is 94.4 Å². The number of phenolic OH excluding ortho intramolecular Hbond substituents is 1. The van der Waals surface area contributed by atoms with E-state index in [0.717, 1.165) is 16.7 Å². The minimum atomic E-state index is -0.520. The number of aryl methyl sites for hydroxylation is 2. The molecule has 49 heavy (non-hydrogen) atoms. The van der Waals surface area contributed by atoms with Crippen LogP contribution < -0.4 is 26.7 Å². The molecule has 4 rings (SSSR count). The summed E-state index contributed by atoms with van der Waals surface area (Å²) < 4.78 is 12.3. The molecule has 3 aromatic carbocycles. The lowest BCUT2D eigenvalue weighted by Gasteiger charge is -2.19. The molecule has 1 aromatic heterocycles. The van der Waals surface area contributed by atoms with E-state index in [1.165, 1.54) is 23.8 Å². The fraction of sp³-hybridized carbons (Fsp3) is 0.243. The average molecular weight is 686 g/mol. The smallest absolute Gasteiger partial charge is 0.337 e. The number of nitrogens with one attached hydrogen (secondary N) is 2. The number of allylic oxidation sites excluding steroid dienone is 1. The number of esters is 1. The Morgan fingerprint density at radius 2 is 1.69 bits per heavy atom. The number of urea groups is 1. The number of aromatic hydroxyl groups is 1. The molecule has 0 radical (unpaired) electrons. The van der Waals surface area contributed by atoms with Crippen LogP contribution in [0.2, 0.25) is 5.02 Å². The van der Waals surface area contributed by atoms with Gasteiger partial charge in [0.1, 0.15) is 29.0 Å². The zero-order valence-electron chi connectivity index (χ0n) is 28.3. The van der Waals surface area contributed by atoms with Crippen molar-refractivity contribution in [2.75, 3.05) is 7.11 Å². The Labute approximate surface area is 290 Å². The highest BCUT2D eigenvalue weighted by Gasteiger charge is 2.19. The molecule has 0 fully saturated rings. The van der Waals surface area contributed by atoms with Gasteiger partial charge in [-0.25, -0.2) is 14.6 Å². The number of benzene rings is 3. The number of nitrogens with two attached hydrogens (primary N) is 1. The molecule has 0 unspecified atom stereocenters. The molecule has 0 aliphatic rings. The average Bonchev–Trinajstić information content (AvgIpc) is 3.06. The summed E-state index contributed by atoms with van der Waals surface area (Å²) in [4.78, 5) is 43.1. The van der Waals surface area contributed by atoms with E-state index in [9.17, 15) is 19.5 Å². The number of aliphatic imine (C=N–C) groups is 1. The molecule has 0 aliphatic heterocycles. The van der Waals surface area contributed by atoms with Crippen molar-refractivity contribution in [1.82, 2.24) is 15.2 Å². The molecule has 0 spiro atoms. The summed E-state index contributed by atoms with van der Waals surface area (Å²) in [5.41, 5.74) is 10.1. The summed E-state index contributed by atoms with van der Waals surface area (Å²) in [6.45, 7) is 9.63. The predicted octanol–water partition coefficient (Wildman–Crippen LogP) is 6.60. The van der Waals surface area contributed by atoms with Crippen LogP contribution >= 0.6 is 11.6 Å². The van der Waals surface area contributed by atoms with E-state index in [2.05, 4.69) is 15.6 Å². The van der Waals surface area contributed by atoms with Crippen LogP contribution in [-0.4, -0.2) is 34.6 Å². The number of hydrogen-bond donors (Lipinski definition) is 4. The lowest BCUT2D eigenvalue weighted by atomic mass is 9.92. The van der Waals surface area contributed by atoms with Gasteiger partial charge in [0.05, 0.1) is 24.0 Å². The van der Waals surface area contributed by atoms with Gasteiger partial charge >= 0.3 is 12.0 Å². The van der Waals surface area contributed by atoms with E-state index in [4.69, 9.17) is 26.8 Å². The van der Waals surface area contributed by atoms with Crippen molar-refractivity contribution in [3.8, 4) is 17.2 Å². The fourth-order valence-electron chi connectivity index (χ4n) is 4.67. The summed E-state index contributed by atoms with van der Waals surface area (Å²) in [7, 11) is 1.29. The van der Waals surface area contributed by atoms with Crippen LogP contribution in [0.1, 0.15) is 53.5 Å². The normalized spacial score (nSPS) is 12.0. The molecule has 12 heteroatoms. The highest BCUT2D eigenvalue weighted by Crippen LogP contribution is 2.27. The number of carbonyl (C=O) groups excluding carboxylic acids is 2. The molecule has 0 atom stereocenters. The van der Waals surface area contributed by atoms with Crippen LogP contribution in [0.4, 0.5) is 10.5 Å². The number of carbonyl (C=O) groups is 2. The first-order valence-corrected chi connectivity index (χ1v) is 15.8. The maximum Gasteiger partial charge on any atom is 0.337 e. The number of amidine groups is 1. The largest absolute Gasteiger partial charge is 0.508 e. The van der Waals surface area contributed by atoms with E-state index in [1.807, 2.05) is 52.0 Å². The first-order valence-electron chi connectivity index (χ1n) is 15.4. The van der Waals surface area contributed by atoms with E-state index in [1.54, 1.807) is 49.4 Å². The van der Waals surface area contributed by atoms with Crippen molar-refractivity contribution < 1.29 is 24.2 Å². The van der Waals surface area contributed by atoms with E-state index in [-0.39, 0.29) is 40.9 Å². The Hall–Kier alpha value is -5.55. The van der Waals surface area contributed by atoms with Crippen molar-refractivity contribution in [2.45, 2.75) is 47.8 Å². The molecule has 0 bridgehead atoms. The van der Waals surface area contributed by atoms with Crippen molar-refractivity contribution in [3.05, 3.63) is 128 Å². The predicted molar refractivity (Wildman–Crippen MR) is 191 cm³/mol. The zero-order chi connectivity index (χ0) is 35.9. The lowest BCUT2D eigenvalue weighted by Crippen LogP contribution is -2.39. The SMILES string of the molecule is COC(=O)c1ccc(C)c(-n2c(C)cc(OCc3ccccc3CNC(=O)NC(C=C(N)C(C)(C)C)=Nc3ccc(O)cc3)c(Cl)c2=O)c1. The van der Waals surface area contributed by atoms with Crippen molar-refractivity contribution >= 4 is 35.1 Å². The molecule has 2 amide bonds. The van der Waals surface area contributed by atoms with Crippen LogP contribution in [0.3, 0.4) is 0 Å². The second-order valence-corrected chi connectivity index (χ2v) is 12.7. The third kappa shape index (κ3) is 9.29. The molecule has 11 nitrogen and oxygen atoms in total. The first-order chi connectivity index (χ1) is 23.2. The molecule has 4 aromatic rings. The fourth-order valence-corrected chi connectivity index (χ4v) is 4.86. The Balaban J connectivity index is 1.50. The first kappa shape index (κ1) is 36.3. The summed E-state index contributed by atoms with van der Waals surface area (Å²) >= 11 is 6.54. The minimum Gasteiger partial charge on any atom is -0.508 e. The van der Waals surface area contributed by atoms with Crippen LogP contribution in [0.5, 0.6) is 11.5 Å². The number of aromatic nitrogens is 1. The van der Waals surface area contributed by atoms with Crippen LogP contribution in [0.25, 0.3) is 5.69 Å². The van der Waals surface area contributed by atoms with Gasteiger partial charge < -0.3 is 25.6 Å². The third-order valence-corrected chi connectivity index (χ3v) is 7.96. The second kappa shape index (κ2) is 15.6.